The summed E-state index contributed by atoms with van der Waals surface area (Å²) in [5.74, 6) is 1.37. The first-order valence-corrected chi connectivity index (χ1v) is 10.6. The van der Waals surface area contributed by atoms with Gasteiger partial charge in [0.1, 0.15) is 18.2 Å². The number of nitrogens with zero attached hydrogens (tertiary/aromatic N) is 4. The van der Waals surface area contributed by atoms with Crippen LogP contribution in [0.3, 0.4) is 0 Å². The van der Waals surface area contributed by atoms with Gasteiger partial charge >= 0.3 is 5.97 Å². The molecule has 1 saturated heterocycles. The van der Waals surface area contributed by atoms with Crippen molar-refractivity contribution in [3.8, 4) is 11.4 Å². The second-order valence-corrected chi connectivity index (χ2v) is 8.02. The molecule has 1 aliphatic rings. The van der Waals surface area contributed by atoms with Crippen LogP contribution in [0.1, 0.15) is 18.5 Å². The van der Waals surface area contributed by atoms with Gasteiger partial charge < -0.3 is 14.4 Å². The number of halogens is 1. The van der Waals surface area contributed by atoms with Gasteiger partial charge in [0.2, 0.25) is 0 Å². The lowest BCUT2D eigenvalue weighted by molar-refractivity contribution is -0.141. The van der Waals surface area contributed by atoms with Crippen molar-refractivity contribution in [2.75, 3.05) is 25.1 Å². The highest BCUT2D eigenvalue weighted by molar-refractivity contribution is 6.30. The molecule has 4 heterocycles. The zero-order chi connectivity index (χ0) is 22.5. The molecule has 1 unspecified atom stereocenters. The van der Waals surface area contributed by atoms with E-state index in [-0.39, 0.29) is 24.1 Å². The summed E-state index contributed by atoms with van der Waals surface area (Å²) in [6, 6.07) is 10.4. The lowest BCUT2D eigenvalue weighted by atomic mass is 10.1. The number of hydrogen-bond acceptors (Lipinski definition) is 7. The van der Waals surface area contributed by atoms with Gasteiger partial charge in [-0.25, -0.2) is 4.98 Å². The molecule has 9 heteroatoms. The molecule has 1 atom stereocenters. The van der Waals surface area contributed by atoms with Crippen LogP contribution in [-0.2, 0) is 16.1 Å². The summed E-state index contributed by atoms with van der Waals surface area (Å²) in [6.45, 7) is 1.84. The number of carbonyl (C=O) groups excluding carboxylic acids is 1. The van der Waals surface area contributed by atoms with Gasteiger partial charge in [0.15, 0.2) is 0 Å². The molecule has 0 aromatic carbocycles. The molecule has 0 N–H and O–H groups in total. The Morgan fingerprint density at radius 2 is 2.06 bits per heavy atom. The predicted molar refractivity (Wildman–Crippen MR) is 120 cm³/mol. The zero-order valence-electron chi connectivity index (χ0n) is 17.6. The van der Waals surface area contributed by atoms with Crippen LogP contribution >= 0.6 is 11.6 Å². The predicted octanol–water partition coefficient (Wildman–Crippen LogP) is 3.25. The van der Waals surface area contributed by atoms with Crippen LogP contribution in [0.2, 0.25) is 5.02 Å². The van der Waals surface area contributed by atoms with Gasteiger partial charge in [0.05, 0.1) is 36.1 Å². The van der Waals surface area contributed by atoms with E-state index in [0.29, 0.717) is 28.6 Å². The summed E-state index contributed by atoms with van der Waals surface area (Å²) in [4.78, 5) is 34.9. The van der Waals surface area contributed by atoms with Gasteiger partial charge in [-0.1, -0.05) is 11.6 Å². The Balaban J connectivity index is 1.39. The standard InChI is InChI=1S/C23H23ClN4O4/c1-31-23(30)10-16-6-8-27(14-16)21-5-4-19(13-26-21)28-9-7-20(11-22(28)29)32-15-18-3-2-17(24)12-25-18/h2-5,7,9,11-13,16H,6,8,10,14-15H2,1H3. The molecule has 166 valence electrons. The number of pyridine rings is 3. The zero-order valence-corrected chi connectivity index (χ0v) is 18.4. The number of rotatable bonds is 7. The van der Waals surface area contributed by atoms with E-state index in [2.05, 4.69) is 14.9 Å². The summed E-state index contributed by atoms with van der Waals surface area (Å²) >= 11 is 5.83. The molecule has 0 radical (unpaired) electrons. The van der Waals surface area contributed by atoms with E-state index in [1.807, 2.05) is 12.1 Å². The molecule has 0 amide bonds. The summed E-state index contributed by atoms with van der Waals surface area (Å²) in [5.41, 5.74) is 1.16. The quantitative estimate of drug-likeness (QED) is 0.506. The third-order valence-corrected chi connectivity index (χ3v) is 5.59. The average molecular weight is 455 g/mol. The molecule has 0 aliphatic carbocycles. The van der Waals surface area contributed by atoms with E-state index in [9.17, 15) is 9.59 Å². The van der Waals surface area contributed by atoms with E-state index in [1.165, 1.54) is 17.7 Å². The Morgan fingerprint density at radius 3 is 2.75 bits per heavy atom. The maximum atomic E-state index is 12.6. The van der Waals surface area contributed by atoms with Gasteiger partial charge in [-0.05, 0) is 42.7 Å². The second-order valence-electron chi connectivity index (χ2n) is 7.58. The Labute approximate surface area is 190 Å². The molecule has 3 aromatic rings. The van der Waals surface area contributed by atoms with Gasteiger partial charge in [-0.2, -0.15) is 0 Å². The number of esters is 1. The molecular weight excluding hydrogens is 432 g/mol. The van der Waals surface area contributed by atoms with Crippen molar-refractivity contribution in [2.24, 2.45) is 5.92 Å². The van der Waals surface area contributed by atoms with Gasteiger partial charge in [-0.15, -0.1) is 0 Å². The number of hydrogen-bond donors (Lipinski definition) is 0. The number of anilines is 1. The van der Waals surface area contributed by atoms with Gasteiger partial charge in [0.25, 0.3) is 5.56 Å². The van der Waals surface area contributed by atoms with E-state index >= 15 is 0 Å². The molecule has 0 saturated carbocycles. The highest BCUT2D eigenvalue weighted by Crippen LogP contribution is 2.25. The maximum absolute atomic E-state index is 12.6. The minimum Gasteiger partial charge on any atom is -0.487 e. The highest BCUT2D eigenvalue weighted by Gasteiger charge is 2.25. The summed E-state index contributed by atoms with van der Waals surface area (Å²) in [6.07, 6.45) is 6.22. The average Bonchev–Trinajstić information content (AvgIpc) is 3.27. The van der Waals surface area contributed by atoms with Crippen molar-refractivity contribution in [1.29, 1.82) is 0 Å². The monoisotopic (exact) mass is 454 g/mol. The van der Waals surface area contributed by atoms with Crippen LogP contribution in [0.5, 0.6) is 5.75 Å². The molecule has 1 aliphatic heterocycles. The van der Waals surface area contributed by atoms with Crippen molar-refractivity contribution in [2.45, 2.75) is 19.4 Å². The highest BCUT2D eigenvalue weighted by atomic mass is 35.5. The van der Waals surface area contributed by atoms with Crippen LogP contribution in [-0.4, -0.2) is 40.7 Å². The fourth-order valence-electron chi connectivity index (χ4n) is 3.65. The molecule has 4 rings (SSSR count). The van der Waals surface area contributed by atoms with Crippen molar-refractivity contribution >= 4 is 23.4 Å². The van der Waals surface area contributed by atoms with Crippen LogP contribution < -0.4 is 15.2 Å². The topological polar surface area (TPSA) is 86.5 Å². The smallest absolute Gasteiger partial charge is 0.305 e. The van der Waals surface area contributed by atoms with Crippen LogP contribution in [0.25, 0.3) is 5.69 Å². The summed E-state index contributed by atoms with van der Waals surface area (Å²) < 4.78 is 11.9. The van der Waals surface area contributed by atoms with Crippen LogP contribution in [0.4, 0.5) is 5.82 Å². The molecule has 8 nitrogen and oxygen atoms in total. The van der Waals surface area contributed by atoms with Crippen molar-refractivity contribution in [3.63, 3.8) is 0 Å². The number of aromatic nitrogens is 3. The lowest BCUT2D eigenvalue weighted by Crippen LogP contribution is -2.22. The maximum Gasteiger partial charge on any atom is 0.305 e. The van der Waals surface area contributed by atoms with Crippen molar-refractivity contribution in [3.05, 3.63) is 76.1 Å². The fourth-order valence-corrected chi connectivity index (χ4v) is 3.76. The Kier molecular flexibility index (Phi) is 6.70. The van der Waals surface area contributed by atoms with E-state index in [1.54, 1.807) is 36.8 Å². The van der Waals surface area contributed by atoms with E-state index < -0.39 is 0 Å². The van der Waals surface area contributed by atoms with Crippen LogP contribution in [0.15, 0.2) is 59.8 Å². The number of methoxy groups -OCH3 is 1. The summed E-state index contributed by atoms with van der Waals surface area (Å²) in [5, 5.41) is 0.557. The van der Waals surface area contributed by atoms with Gasteiger partial charge in [0, 0.05) is 31.5 Å². The third kappa shape index (κ3) is 5.26. The third-order valence-electron chi connectivity index (χ3n) is 5.37. The van der Waals surface area contributed by atoms with Crippen molar-refractivity contribution in [1.82, 2.24) is 14.5 Å². The molecule has 0 spiro atoms. The van der Waals surface area contributed by atoms with E-state index in [0.717, 1.165) is 25.3 Å². The molecular formula is C23H23ClN4O4. The first-order valence-electron chi connectivity index (χ1n) is 10.3. The normalized spacial score (nSPS) is 15.6. The minimum absolute atomic E-state index is 0.184. The SMILES string of the molecule is COC(=O)CC1CCN(c2ccc(-n3ccc(OCc4ccc(Cl)cn4)cc3=O)cn2)C1. The summed E-state index contributed by atoms with van der Waals surface area (Å²) in [7, 11) is 1.41. The first-order chi connectivity index (χ1) is 15.5. The van der Waals surface area contributed by atoms with Gasteiger partial charge in [-0.3, -0.25) is 19.1 Å². The Morgan fingerprint density at radius 1 is 1.19 bits per heavy atom. The molecule has 32 heavy (non-hydrogen) atoms. The Bertz CT molecular complexity index is 1130. The van der Waals surface area contributed by atoms with Crippen LogP contribution in [0, 0.1) is 5.92 Å². The molecule has 0 bridgehead atoms. The Hall–Kier alpha value is -3.39. The van der Waals surface area contributed by atoms with E-state index in [4.69, 9.17) is 21.1 Å². The lowest BCUT2D eigenvalue weighted by Gasteiger charge is -2.18. The number of carbonyl (C=O) groups is 1. The minimum atomic E-state index is -0.222. The second kappa shape index (κ2) is 9.82. The molecule has 3 aromatic heterocycles. The first kappa shape index (κ1) is 21.8. The number of ether oxygens (including phenoxy) is 2. The molecule has 1 fully saturated rings. The fraction of sp³-hybridized carbons (Fsp3) is 0.304. The van der Waals surface area contributed by atoms with Crippen molar-refractivity contribution < 1.29 is 14.3 Å². The largest absolute Gasteiger partial charge is 0.487 e.